The zero-order valence-electron chi connectivity index (χ0n) is 16.9. The maximum Gasteiger partial charge on any atom is 0.243 e. The first kappa shape index (κ1) is 24.5. The summed E-state index contributed by atoms with van der Waals surface area (Å²) in [6.45, 7) is -0.552. The molecule has 0 saturated heterocycles. The number of benzene rings is 3. The fourth-order valence-corrected chi connectivity index (χ4v) is 5.03. The first-order valence-electron chi connectivity index (χ1n) is 9.33. The summed E-state index contributed by atoms with van der Waals surface area (Å²) in [6, 6.07) is 17.8. The van der Waals surface area contributed by atoms with Crippen molar-refractivity contribution in [2.75, 3.05) is 19.0 Å². The summed E-state index contributed by atoms with van der Waals surface area (Å²) in [7, 11) is -2.53. The molecule has 0 aliphatic heterocycles. The number of hydrogen-bond acceptors (Lipinski definition) is 4. The molecule has 3 aromatic carbocycles. The largest absolute Gasteiger partial charge is 0.495 e. The van der Waals surface area contributed by atoms with Crippen LogP contribution in [0.15, 0.2) is 76.1 Å². The molecule has 168 valence electrons. The van der Waals surface area contributed by atoms with Crippen LogP contribution in [0.2, 0.25) is 10.0 Å². The van der Waals surface area contributed by atoms with Crippen molar-refractivity contribution >= 4 is 60.7 Å². The highest BCUT2D eigenvalue weighted by atomic mass is 79.9. The predicted octanol–water partition coefficient (Wildman–Crippen LogP) is 5.59. The molecule has 10 heteroatoms. The van der Waals surface area contributed by atoms with Crippen LogP contribution in [0.5, 0.6) is 5.75 Å². The number of carbonyl (C=O) groups excluding carboxylic acids is 1. The average Bonchev–Trinajstić information content (AvgIpc) is 2.75. The van der Waals surface area contributed by atoms with Gasteiger partial charge in [0.2, 0.25) is 15.9 Å². The second-order valence-corrected chi connectivity index (χ2v) is 10.4. The van der Waals surface area contributed by atoms with Crippen LogP contribution in [0.1, 0.15) is 5.56 Å². The number of rotatable bonds is 8. The molecule has 0 radical (unpaired) electrons. The minimum absolute atomic E-state index is 0.0517. The van der Waals surface area contributed by atoms with Gasteiger partial charge in [0, 0.05) is 21.1 Å². The Morgan fingerprint density at radius 3 is 2.41 bits per heavy atom. The number of nitrogens with zero attached hydrogens (tertiary/aromatic N) is 1. The van der Waals surface area contributed by atoms with Crippen molar-refractivity contribution in [2.45, 2.75) is 11.4 Å². The van der Waals surface area contributed by atoms with Gasteiger partial charge >= 0.3 is 0 Å². The van der Waals surface area contributed by atoms with E-state index in [4.69, 9.17) is 27.9 Å². The summed E-state index contributed by atoms with van der Waals surface area (Å²) in [5.74, 6) is -0.0656. The molecule has 0 atom stereocenters. The smallest absolute Gasteiger partial charge is 0.243 e. The lowest BCUT2D eigenvalue weighted by molar-refractivity contribution is -0.116. The van der Waals surface area contributed by atoms with E-state index in [9.17, 15) is 13.2 Å². The molecule has 0 aliphatic rings. The van der Waals surface area contributed by atoms with E-state index >= 15 is 0 Å². The highest BCUT2D eigenvalue weighted by molar-refractivity contribution is 9.10. The number of anilines is 1. The Kier molecular flexibility index (Phi) is 8.19. The summed E-state index contributed by atoms with van der Waals surface area (Å²) in [5, 5.41) is 3.43. The minimum Gasteiger partial charge on any atom is -0.495 e. The van der Waals surface area contributed by atoms with Gasteiger partial charge in [0.15, 0.2) is 0 Å². The maximum absolute atomic E-state index is 13.4. The van der Waals surface area contributed by atoms with Gasteiger partial charge in [-0.3, -0.25) is 4.79 Å². The topological polar surface area (TPSA) is 75.7 Å². The Morgan fingerprint density at radius 2 is 1.75 bits per heavy atom. The van der Waals surface area contributed by atoms with Gasteiger partial charge in [-0.05, 0) is 54.1 Å². The Morgan fingerprint density at radius 1 is 1.06 bits per heavy atom. The van der Waals surface area contributed by atoms with E-state index in [0.717, 1.165) is 8.78 Å². The summed E-state index contributed by atoms with van der Waals surface area (Å²) < 4.78 is 33.8. The van der Waals surface area contributed by atoms with Crippen molar-refractivity contribution in [1.29, 1.82) is 0 Å². The summed E-state index contributed by atoms with van der Waals surface area (Å²) in [6.07, 6.45) is 0. The second kappa shape index (κ2) is 10.7. The Balaban J connectivity index is 1.92. The van der Waals surface area contributed by atoms with Crippen LogP contribution < -0.4 is 10.1 Å². The van der Waals surface area contributed by atoms with Gasteiger partial charge in [0.25, 0.3) is 0 Å². The van der Waals surface area contributed by atoms with Gasteiger partial charge in [-0.1, -0.05) is 57.3 Å². The minimum atomic E-state index is -4.02. The highest BCUT2D eigenvalue weighted by Crippen LogP contribution is 2.27. The molecule has 3 rings (SSSR count). The lowest BCUT2D eigenvalue weighted by Crippen LogP contribution is -2.37. The molecule has 32 heavy (non-hydrogen) atoms. The number of hydrogen-bond donors (Lipinski definition) is 1. The van der Waals surface area contributed by atoms with E-state index in [1.807, 2.05) is 0 Å². The Labute approximate surface area is 205 Å². The number of halogens is 3. The molecule has 0 aromatic heterocycles. The van der Waals surface area contributed by atoms with E-state index in [0.29, 0.717) is 27.0 Å². The predicted molar refractivity (Wildman–Crippen MR) is 130 cm³/mol. The van der Waals surface area contributed by atoms with E-state index in [2.05, 4.69) is 21.2 Å². The van der Waals surface area contributed by atoms with E-state index in [-0.39, 0.29) is 11.4 Å². The molecule has 1 N–H and O–H groups in total. The first-order chi connectivity index (χ1) is 15.2. The number of sulfonamides is 1. The fraction of sp³-hybridized carbons (Fsp3) is 0.136. The molecule has 0 heterocycles. The normalized spacial score (nSPS) is 11.4. The van der Waals surface area contributed by atoms with Gasteiger partial charge in [0.05, 0.1) is 24.2 Å². The zero-order chi connectivity index (χ0) is 23.3. The van der Waals surface area contributed by atoms with E-state index in [1.165, 1.54) is 25.3 Å². The number of ether oxygens (including phenoxy) is 1. The summed E-state index contributed by atoms with van der Waals surface area (Å²) in [4.78, 5) is 12.9. The SMILES string of the molecule is COc1ccccc1NC(=O)CN(Cc1ccc(Cl)cc1Cl)S(=O)(=O)c1ccc(Br)cc1. The monoisotopic (exact) mass is 556 g/mol. The number of para-hydroxylation sites is 2. The van der Waals surface area contributed by atoms with Crippen LogP contribution >= 0.6 is 39.1 Å². The molecule has 0 fully saturated rings. The lowest BCUT2D eigenvalue weighted by atomic mass is 10.2. The van der Waals surface area contributed by atoms with Gasteiger partial charge in [-0.15, -0.1) is 0 Å². The van der Waals surface area contributed by atoms with Crippen LogP contribution in [0, 0.1) is 0 Å². The van der Waals surface area contributed by atoms with Crippen molar-refractivity contribution in [3.8, 4) is 5.75 Å². The number of amides is 1. The van der Waals surface area contributed by atoms with Crippen LogP contribution in [0.4, 0.5) is 5.69 Å². The molecule has 0 aliphatic carbocycles. The van der Waals surface area contributed by atoms with E-state index in [1.54, 1.807) is 48.5 Å². The summed E-state index contributed by atoms with van der Waals surface area (Å²) >= 11 is 15.5. The third-order valence-corrected chi connectivity index (χ3v) is 7.44. The molecule has 6 nitrogen and oxygen atoms in total. The highest BCUT2D eigenvalue weighted by Gasteiger charge is 2.28. The fourth-order valence-electron chi connectivity index (χ4n) is 2.92. The second-order valence-electron chi connectivity index (χ2n) is 6.71. The quantitative estimate of drug-likeness (QED) is 0.391. The van der Waals surface area contributed by atoms with Crippen molar-refractivity contribution in [2.24, 2.45) is 0 Å². The Bertz CT molecular complexity index is 1220. The standard InChI is InChI=1S/C22H19BrCl2N2O4S/c1-31-21-5-3-2-4-20(21)26-22(28)14-27(13-15-6-9-17(24)12-19(15)25)32(29,30)18-10-7-16(23)8-11-18/h2-12H,13-14H2,1H3,(H,26,28). The van der Waals surface area contributed by atoms with Gasteiger partial charge in [-0.25, -0.2) is 8.42 Å². The van der Waals surface area contributed by atoms with Crippen LogP contribution in [-0.4, -0.2) is 32.3 Å². The van der Waals surface area contributed by atoms with Crippen LogP contribution in [0.25, 0.3) is 0 Å². The van der Waals surface area contributed by atoms with Crippen molar-refractivity contribution in [3.05, 3.63) is 86.8 Å². The number of carbonyl (C=O) groups is 1. The molecule has 0 saturated carbocycles. The van der Waals surface area contributed by atoms with Gasteiger partial charge in [-0.2, -0.15) is 4.31 Å². The maximum atomic E-state index is 13.4. The number of methoxy groups -OCH3 is 1. The van der Waals surface area contributed by atoms with Gasteiger partial charge in [0.1, 0.15) is 5.75 Å². The van der Waals surface area contributed by atoms with Crippen molar-refractivity contribution < 1.29 is 17.9 Å². The van der Waals surface area contributed by atoms with E-state index < -0.39 is 22.5 Å². The van der Waals surface area contributed by atoms with Crippen LogP contribution in [0.3, 0.4) is 0 Å². The third-order valence-electron chi connectivity index (χ3n) is 4.51. The molecular weight excluding hydrogens is 539 g/mol. The average molecular weight is 558 g/mol. The molecule has 1 amide bonds. The van der Waals surface area contributed by atoms with Crippen molar-refractivity contribution in [1.82, 2.24) is 4.31 Å². The molecule has 0 bridgehead atoms. The Hall–Kier alpha value is -2.10. The van der Waals surface area contributed by atoms with Crippen LogP contribution in [-0.2, 0) is 21.4 Å². The number of nitrogens with one attached hydrogen (secondary N) is 1. The molecule has 0 unspecified atom stereocenters. The lowest BCUT2D eigenvalue weighted by Gasteiger charge is -2.23. The summed E-state index contributed by atoms with van der Waals surface area (Å²) in [5.41, 5.74) is 0.951. The first-order valence-corrected chi connectivity index (χ1v) is 12.3. The molecular formula is C22H19BrCl2N2O4S. The molecule has 0 spiro atoms. The van der Waals surface area contributed by atoms with Gasteiger partial charge < -0.3 is 10.1 Å². The zero-order valence-corrected chi connectivity index (χ0v) is 20.8. The third kappa shape index (κ3) is 6.02. The molecule has 3 aromatic rings. The van der Waals surface area contributed by atoms with Crippen molar-refractivity contribution in [3.63, 3.8) is 0 Å².